The molecule has 1 spiro atoms. The molecule has 1 aliphatic heterocycles. The number of carbonyl (C=O) groups excluding carboxylic acids is 1. The van der Waals surface area contributed by atoms with E-state index in [1.54, 1.807) is 23.0 Å². The smallest absolute Gasteiger partial charge is 0.273 e. The number of halogens is 1. The summed E-state index contributed by atoms with van der Waals surface area (Å²) in [6.45, 7) is 4.10. The summed E-state index contributed by atoms with van der Waals surface area (Å²) in [5, 5.41) is 21.2. The Balaban J connectivity index is 1.04. The van der Waals surface area contributed by atoms with Crippen LogP contribution in [0.4, 0.5) is 5.95 Å². The molecule has 3 aliphatic rings. The highest BCUT2D eigenvalue weighted by molar-refractivity contribution is 6.30. The number of hydrogen-bond donors (Lipinski definition) is 1. The third-order valence-electron chi connectivity index (χ3n) is 7.62. The lowest BCUT2D eigenvalue weighted by atomic mass is 9.74. The van der Waals surface area contributed by atoms with E-state index in [2.05, 4.69) is 36.6 Å². The van der Waals surface area contributed by atoms with E-state index in [-0.39, 0.29) is 29.6 Å². The molecule has 1 N–H and O–H groups in total. The molecule has 2 aromatic heterocycles. The van der Waals surface area contributed by atoms with Gasteiger partial charge in [-0.05, 0) is 62.3 Å². The first-order valence-electron chi connectivity index (χ1n) is 11.9. The number of benzene rings is 1. The number of nitrogens with one attached hydrogen (secondary N) is 1. The SMILES string of the molecule is C[C@@H](c1cnc(N2CC3(CC3)C2)nc1)n1cc(C(=O)NC2CC(c3cc(Cl)ccc3C#N)C2)nn1. The van der Waals surface area contributed by atoms with E-state index in [0.29, 0.717) is 16.0 Å². The second kappa shape index (κ2) is 8.31. The van der Waals surface area contributed by atoms with Gasteiger partial charge in [0.05, 0.1) is 23.9 Å². The van der Waals surface area contributed by atoms with Crippen molar-refractivity contribution in [2.24, 2.45) is 5.41 Å². The number of nitriles is 1. The highest BCUT2D eigenvalue weighted by Gasteiger charge is 2.53. The maximum atomic E-state index is 12.7. The van der Waals surface area contributed by atoms with Crippen molar-refractivity contribution in [2.45, 2.75) is 50.6 Å². The monoisotopic (exact) mass is 488 g/mol. The average Bonchev–Trinajstić information content (AvgIpc) is 3.48. The molecular weight excluding hydrogens is 464 g/mol. The van der Waals surface area contributed by atoms with E-state index in [1.165, 1.54) is 12.8 Å². The zero-order chi connectivity index (χ0) is 24.2. The second-order valence-corrected chi connectivity index (χ2v) is 10.6. The summed E-state index contributed by atoms with van der Waals surface area (Å²) in [5.41, 5.74) is 3.31. The average molecular weight is 489 g/mol. The molecule has 1 amide bonds. The molecule has 178 valence electrons. The third kappa shape index (κ3) is 4.12. The molecule has 3 fully saturated rings. The zero-order valence-electron chi connectivity index (χ0n) is 19.4. The number of aromatic nitrogens is 5. The van der Waals surface area contributed by atoms with E-state index in [1.807, 2.05) is 25.4 Å². The summed E-state index contributed by atoms with van der Waals surface area (Å²) < 4.78 is 1.66. The molecule has 2 aliphatic carbocycles. The highest BCUT2D eigenvalue weighted by atomic mass is 35.5. The summed E-state index contributed by atoms with van der Waals surface area (Å²) in [7, 11) is 0. The van der Waals surface area contributed by atoms with Crippen molar-refractivity contribution >= 4 is 23.5 Å². The molecule has 35 heavy (non-hydrogen) atoms. The Kier molecular flexibility index (Phi) is 5.22. The Hall–Kier alpha value is -3.51. The van der Waals surface area contributed by atoms with Crippen LogP contribution < -0.4 is 10.2 Å². The summed E-state index contributed by atoms with van der Waals surface area (Å²) in [5.74, 6) is 0.728. The van der Waals surface area contributed by atoms with Gasteiger partial charge in [0.15, 0.2) is 5.69 Å². The van der Waals surface area contributed by atoms with Gasteiger partial charge in [0, 0.05) is 47.5 Å². The molecule has 6 rings (SSSR count). The van der Waals surface area contributed by atoms with Crippen LogP contribution >= 0.6 is 11.6 Å². The standard InChI is InChI=1S/C25H25ClN8O/c1-15(18-10-28-24(29-11-18)33-13-25(14-33)4-5-25)34-12-22(31-32-34)23(35)30-20-6-17(7-20)21-8-19(26)3-2-16(21)9-27/h2-3,8,10-12,15,17,20H,4-7,13-14H2,1H3,(H,30,35)/t15-,17?,20?/m0/s1. The Labute approximate surface area is 208 Å². The predicted molar refractivity (Wildman–Crippen MR) is 129 cm³/mol. The van der Waals surface area contributed by atoms with E-state index >= 15 is 0 Å². The summed E-state index contributed by atoms with van der Waals surface area (Å²) in [4.78, 5) is 24.0. The largest absolute Gasteiger partial charge is 0.348 e. The second-order valence-electron chi connectivity index (χ2n) is 10.1. The van der Waals surface area contributed by atoms with Crippen LogP contribution in [0.2, 0.25) is 5.02 Å². The normalized spacial score (nSPS) is 22.6. The molecule has 1 atom stereocenters. The van der Waals surface area contributed by atoms with E-state index in [9.17, 15) is 10.1 Å². The number of carbonyl (C=O) groups is 1. The fourth-order valence-electron chi connectivity index (χ4n) is 5.05. The summed E-state index contributed by atoms with van der Waals surface area (Å²) in [6.07, 6.45) is 9.47. The fraction of sp³-hybridized carbons (Fsp3) is 0.440. The topological polar surface area (TPSA) is 113 Å². The van der Waals surface area contributed by atoms with Crippen molar-refractivity contribution < 1.29 is 4.79 Å². The number of nitrogens with zero attached hydrogens (tertiary/aromatic N) is 7. The van der Waals surface area contributed by atoms with Gasteiger partial charge in [0.2, 0.25) is 5.95 Å². The van der Waals surface area contributed by atoms with Crippen LogP contribution in [0.25, 0.3) is 0 Å². The van der Waals surface area contributed by atoms with Gasteiger partial charge in [0.25, 0.3) is 5.91 Å². The van der Waals surface area contributed by atoms with Gasteiger partial charge in [-0.3, -0.25) is 4.79 Å². The maximum absolute atomic E-state index is 12.7. The number of hydrogen-bond acceptors (Lipinski definition) is 7. The Morgan fingerprint density at radius 2 is 2.00 bits per heavy atom. The van der Waals surface area contributed by atoms with Crippen molar-refractivity contribution in [3.63, 3.8) is 0 Å². The lowest BCUT2D eigenvalue weighted by molar-refractivity contribution is 0.0903. The maximum Gasteiger partial charge on any atom is 0.273 e. The van der Waals surface area contributed by atoms with Crippen LogP contribution in [0.3, 0.4) is 0 Å². The fourth-order valence-corrected chi connectivity index (χ4v) is 5.23. The molecule has 0 bridgehead atoms. The van der Waals surface area contributed by atoms with Crippen molar-refractivity contribution in [1.82, 2.24) is 30.3 Å². The van der Waals surface area contributed by atoms with Gasteiger partial charge in [-0.15, -0.1) is 5.10 Å². The Bertz CT molecular complexity index is 1310. The van der Waals surface area contributed by atoms with Gasteiger partial charge in [-0.2, -0.15) is 5.26 Å². The molecule has 1 aromatic carbocycles. The van der Waals surface area contributed by atoms with E-state index in [0.717, 1.165) is 43.0 Å². The number of amides is 1. The van der Waals surface area contributed by atoms with Gasteiger partial charge in [-0.1, -0.05) is 16.8 Å². The molecule has 3 aromatic rings. The predicted octanol–water partition coefficient (Wildman–Crippen LogP) is 3.48. The number of anilines is 1. The molecule has 2 saturated carbocycles. The minimum Gasteiger partial charge on any atom is -0.348 e. The first kappa shape index (κ1) is 22.0. The van der Waals surface area contributed by atoms with Crippen molar-refractivity contribution in [2.75, 3.05) is 18.0 Å². The highest BCUT2D eigenvalue weighted by Crippen LogP contribution is 2.53. The Morgan fingerprint density at radius 3 is 2.69 bits per heavy atom. The Morgan fingerprint density at radius 1 is 1.26 bits per heavy atom. The van der Waals surface area contributed by atoms with Crippen LogP contribution in [0.15, 0.2) is 36.8 Å². The summed E-state index contributed by atoms with van der Waals surface area (Å²) in [6, 6.07) is 7.42. The molecule has 0 radical (unpaired) electrons. The molecular formula is C25H25ClN8O. The van der Waals surface area contributed by atoms with Crippen molar-refractivity contribution in [3.8, 4) is 6.07 Å². The van der Waals surface area contributed by atoms with Crippen LogP contribution in [0.1, 0.15) is 71.7 Å². The molecule has 10 heteroatoms. The van der Waals surface area contributed by atoms with Crippen LogP contribution in [0.5, 0.6) is 0 Å². The molecule has 1 saturated heterocycles. The van der Waals surface area contributed by atoms with E-state index < -0.39 is 0 Å². The van der Waals surface area contributed by atoms with Gasteiger partial charge in [0.1, 0.15) is 0 Å². The number of rotatable bonds is 6. The van der Waals surface area contributed by atoms with Crippen molar-refractivity contribution in [1.29, 1.82) is 5.26 Å². The first-order valence-corrected chi connectivity index (χ1v) is 12.3. The van der Waals surface area contributed by atoms with Crippen LogP contribution in [-0.4, -0.2) is 50.0 Å². The van der Waals surface area contributed by atoms with Gasteiger partial charge in [-0.25, -0.2) is 14.6 Å². The lowest BCUT2D eigenvalue weighted by Crippen LogP contribution is -2.49. The molecule has 3 heterocycles. The zero-order valence-corrected chi connectivity index (χ0v) is 20.1. The van der Waals surface area contributed by atoms with Crippen LogP contribution in [-0.2, 0) is 0 Å². The quantitative estimate of drug-likeness (QED) is 0.565. The lowest BCUT2D eigenvalue weighted by Gasteiger charge is -2.39. The van der Waals surface area contributed by atoms with Crippen molar-refractivity contribution in [3.05, 3.63) is 64.2 Å². The molecule has 9 nitrogen and oxygen atoms in total. The minimum atomic E-state index is -0.253. The minimum absolute atomic E-state index is 0.0258. The molecule has 0 unspecified atom stereocenters. The van der Waals surface area contributed by atoms with E-state index in [4.69, 9.17) is 11.6 Å². The first-order chi connectivity index (χ1) is 16.9. The summed E-state index contributed by atoms with van der Waals surface area (Å²) >= 11 is 6.11. The van der Waals surface area contributed by atoms with Gasteiger partial charge < -0.3 is 10.2 Å². The third-order valence-corrected chi connectivity index (χ3v) is 7.86. The van der Waals surface area contributed by atoms with Gasteiger partial charge >= 0.3 is 0 Å². The van der Waals surface area contributed by atoms with Crippen LogP contribution in [0, 0.1) is 16.7 Å².